The molecule has 242 valence electrons. The minimum Gasteiger partial charge on any atom is -0.494 e. The molecule has 10 nitrogen and oxygen atoms in total. The molecule has 0 amide bonds. The smallest absolute Gasteiger partial charge is 0.358 e. The molecule has 2 aromatic carbocycles. The van der Waals surface area contributed by atoms with E-state index in [1.54, 1.807) is 24.3 Å². The molecule has 2 heterocycles. The van der Waals surface area contributed by atoms with Gasteiger partial charge in [0.05, 0.1) is 26.4 Å². The lowest BCUT2D eigenvalue weighted by Crippen LogP contribution is -2.06. The number of carboxylic acid groups (broad SMARTS) is 2. The fourth-order valence-corrected chi connectivity index (χ4v) is 4.68. The van der Waals surface area contributed by atoms with Crippen LogP contribution in [0.2, 0.25) is 0 Å². The first kappa shape index (κ1) is 33.8. The Labute approximate surface area is 269 Å². The molecule has 0 aliphatic rings. The van der Waals surface area contributed by atoms with E-state index in [2.05, 4.69) is 9.97 Å². The third-order valence-electron chi connectivity index (χ3n) is 7.12. The number of ether oxygens (including phenoxy) is 4. The van der Waals surface area contributed by atoms with E-state index in [0.29, 0.717) is 37.9 Å². The number of hydrogen-bond acceptors (Lipinski definition) is 8. The second kappa shape index (κ2) is 18.6. The van der Waals surface area contributed by atoms with Crippen molar-refractivity contribution in [3.63, 3.8) is 0 Å². The Balaban J connectivity index is 1.04. The van der Waals surface area contributed by atoms with Crippen LogP contribution in [-0.2, 0) is 0 Å². The molecule has 0 saturated carbocycles. The minimum atomic E-state index is -1.09. The molecule has 0 unspecified atom stereocenters. The van der Waals surface area contributed by atoms with E-state index in [1.165, 1.54) is 12.4 Å². The highest BCUT2D eigenvalue weighted by atomic mass is 16.5. The molecule has 4 rings (SSSR count). The fraction of sp³-hybridized carbons (Fsp3) is 0.333. The molecule has 0 aliphatic heterocycles. The van der Waals surface area contributed by atoms with Gasteiger partial charge in [0.15, 0.2) is 22.9 Å². The average Bonchev–Trinajstić information content (AvgIpc) is 3.08. The van der Waals surface area contributed by atoms with Crippen molar-refractivity contribution in [2.75, 3.05) is 26.4 Å². The van der Waals surface area contributed by atoms with E-state index in [-0.39, 0.29) is 11.4 Å². The monoisotopic (exact) mass is 628 g/mol. The van der Waals surface area contributed by atoms with E-state index in [4.69, 9.17) is 29.2 Å². The first-order chi connectivity index (χ1) is 22.5. The highest BCUT2D eigenvalue weighted by molar-refractivity contribution is 5.88. The third-order valence-corrected chi connectivity index (χ3v) is 7.12. The molecule has 0 atom stereocenters. The van der Waals surface area contributed by atoms with Crippen molar-refractivity contribution in [3.8, 4) is 34.1 Å². The Hall–Kier alpha value is -5.12. The number of unbranched alkanes of at least 4 members (excludes halogenated alkanes) is 6. The van der Waals surface area contributed by atoms with Gasteiger partial charge >= 0.3 is 11.9 Å². The summed E-state index contributed by atoms with van der Waals surface area (Å²) in [6.07, 6.45) is 10.3. The van der Waals surface area contributed by atoms with Crippen LogP contribution in [0.1, 0.15) is 72.3 Å². The summed E-state index contributed by atoms with van der Waals surface area (Å²) in [5.41, 5.74) is 2.08. The number of nitrogens with zero attached hydrogens (tertiary/aromatic N) is 2. The van der Waals surface area contributed by atoms with Gasteiger partial charge in [0.1, 0.15) is 11.5 Å². The van der Waals surface area contributed by atoms with E-state index in [1.807, 2.05) is 48.5 Å². The van der Waals surface area contributed by atoms with Crippen LogP contribution in [0.4, 0.5) is 0 Å². The van der Waals surface area contributed by atoms with E-state index in [0.717, 1.165) is 74.0 Å². The molecule has 0 fully saturated rings. The molecule has 0 bridgehead atoms. The van der Waals surface area contributed by atoms with E-state index in [9.17, 15) is 9.59 Å². The molecule has 0 spiro atoms. The van der Waals surface area contributed by atoms with Crippen LogP contribution < -0.4 is 18.9 Å². The summed E-state index contributed by atoms with van der Waals surface area (Å²) < 4.78 is 23.0. The number of carboxylic acids is 2. The fourth-order valence-electron chi connectivity index (χ4n) is 4.68. The van der Waals surface area contributed by atoms with Crippen molar-refractivity contribution in [2.24, 2.45) is 0 Å². The molecular formula is C36H40N2O8. The van der Waals surface area contributed by atoms with Gasteiger partial charge < -0.3 is 29.2 Å². The van der Waals surface area contributed by atoms with Crippen LogP contribution in [0, 0.1) is 0 Å². The SMILES string of the molecule is O=C(O)c1ncccc1OCCCCCCOc1ccc(-c2ccc(OCCCCCCOc3cccnc3C(=O)O)cc2)cc1. The standard InChI is InChI=1S/C36H40N2O8/c39-35(40)33-31(11-9-21-37-33)45-25-7-3-1-5-23-43-29-17-13-27(14-18-29)28-15-19-30(20-16-28)44-24-6-2-4-8-26-46-32-12-10-22-38-34(32)36(41)42/h9-22H,1-8,23-26H2,(H,39,40)(H,41,42). The van der Waals surface area contributed by atoms with Gasteiger partial charge in [0.25, 0.3) is 0 Å². The summed E-state index contributed by atoms with van der Waals surface area (Å²) in [5, 5.41) is 18.3. The van der Waals surface area contributed by atoms with Crippen LogP contribution in [0.3, 0.4) is 0 Å². The normalized spacial score (nSPS) is 10.7. The molecule has 0 aliphatic carbocycles. The van der Waals surface area contributed by atoms with Gasteiger partial charge in [-0.2, -0.15) is 0 Å². The third kappa shape index (κ3) is 11.1. The maximum absolute atomic E-state index is 11.2. The van der Waals surface area contributed by atoms with Crippen molar-refractivity contribution < 1.29 is 38.7 Å². The van der Waals surface area contributed by atoms with Crippen molar-refractivity contribution in [2.45, 2.75) is 51.4 Å². The summed E-state index contributed by atoms with van der Waals surface area (Å²) in [4.78, 5) is 30.1. The average molecular weight is 629 g/mol. The quantitative estimate of drug-likeness (QED) is 0.0888. The zero-order valence-corrected chi connectivity index (χ0v) is 25.8. The van der Waals surface area contributed by atoms with E-state index < -0.39 is 11.9 Å². The van der Waals surface area contributed by atoms with Gasteiger partial charge in [-0.05, 0) is 111 Å². The largest absolute Gasteiger partial charge is 0.494 e. The molecule has 46 heavy (non-hydrogen) atoms. The molecule has 2 N–H and O–H groups in total. The number of pyridine rings is 2. The van der Waals surface area contributed by atoms with Crippen LogP contribution in [0.15, 0.2) is 85.2 Å². The Morgan fingerprint density at radius 2 is 0.826 bits per heavy atom. The zero-order valence-electron chi connectivity index (χ0n) is 25.8. The molecular weight excluding hydrogens is 588 g/mol. The number of aromatic nitrogens is 2. The maximum atomic E-state index is 11.2. The second-order valence-electron chi connectivity index (χ2n) is 10.6. The Morgan fingerprint density at radius 1 is 0.478 bits per heavy atom. The minimum absolute atomic E-state index is 0.0607. The highest BCUT2D eigenvalue weighted by Crippen LogP contribution is 2.25. The predicted molar refractivity (Wildman–Crippen MR) is 173 cm³/mol. The van der Waals surface area contributed by atoms with E-state index >= 15 is 0 Å². The first-order valence-electron chi connectivity index (χ1n) is 15.6. The van der Waals surface area contributed by atoms with Crippen LogP contribution in [0.25, 0.3) is 11.1 Å². The molecule has 0 radical (unpaired) electrons. The summed E-state index contributed by atoms with van der Waals surface area (Å²) >= 11 is 0. The Kier molecular flexibility index (Phi) is 13.7. The molecule has 10 heteroatoms. The van der Waals surface area contributed by atoms with Gasteiger partial charge in [-0.3, -0.25) is 0 Å². The summed E-state index contributed by atoms with van der Waals surface area (Å²) in [6, 6.07) is 22.7. The lowest BCUT2D eigenvalue weighted by molar-refractivity contribution is 0.0674. The number of carbonyl (C=O) groups is 2. The lowest BCUT2D eigenvalue weighted by atomic mass is 10.1. The number of benzene rings is 2. The van der Waals surface area contributed by atoms with Crippen molar-refractivity contribution in [3.05, 3.63) is 96.6 Å². The lowest BCUT2D eigenvalue weighted by Gasteiger charge is -2.10. The predicted octanol–water partition coefficient (Wildman–Crippen LogP) is 7.58. The highest BCUT2D eigenvalue weighted by Gasteiger charge is 2.12. The molecule has 2 aromatic heterocycles. The number of hydrogen-bond donors (Lipinski definition) is 2. The summed E-state index contributed by atoms with van der Waals surface area (Å²) in [7, 11) is 0. The molecule has 0 saturated heterocycles. The molecule has 4 aromatic rings. The van der Waals surface area contributed by atoms with Crippen molar-refractivity contribution >= 4 is 11.9 Å². The first-order valence-corrected chi connectivity index (χ1v) is 15.6. The Bertz CT molecular complexity index is 1390. The van der Waals surface area contributed by atoms with Gasteiger partial charge in [-0.15, -0.1) is 0 Å². The van der Waals surface area contributed by atoms with Crippen LogP contribution in [0.5, 0.6) is 23.0 Å². The topological polar surface area (TPSA) is 137 Å². The summed E-state index contributed by atoms with van der Waals surface area (Å²) in [5.74, 6) is 0.0846. The van der Waals surface area contributed by atoms with Gasteiger partial charge in [-0.1, -0.05) is 24.3 Å². The van der Waals surface area contributed by atoms with Gasteiger partial charge in [0.2, 0.25) is 0 Å². The van der Waals surface area contributed by atoms with Crippen molar-refractivity contribution in [1.29, 1.82) is 0 Å². The maximum Gasteiger partial charge on any atom is 0.358 e. The van der Waals surface area contributed by atoms with Gasteiger partial charge in [0, 0.05) is 12.4 Å². The zero-order chi connectivity index (χ0) is 32.4. The van der Waals surface area contributed by atoms with Gasteiger partial charge in [-0.25, -0.2) is 19.6 Å². The van der Waals surface area contributed by atoms with Crippen LogP contribution >= 0.6 is 0 Å². The summed E-state index contributed by atoms with van der Waals surface area (Å²) in [6.45, 7) is 2.16. The number of rotatable bonds is 21. The van der Waals surface area contributed by atoms with Crippen LogP contribution in [-0.4, -0.2) is 58.5 Å². The Morgan fingerprint density at radius 3 is 1.17 bits per heavy atom. The van der Waals surface area contributed by atoms with Crippen molar-refractivity contribution in [1.82, 2.24) is 9.97 Å². The number of aromatic carboxylic acids is 2. The second-order valence-corrected chi connectivity index (χ2v) is 10.6.